The van der Waals surface area contributed by atoms with E-state index in [9.17, 15) is 9.18 Å². The summed E-state index contributed by atoms with van der Waals surface area (Å²) < 4.78 is 32.5. The summed E-state index contributed by atoms with van der Waals surface area (Å²) in [6, 6.07) is 9.47. The molecule has 0 unspecified atom stereocenters. The summed E-state index contributed by atoms with van der Waals surface area (Å²) in [7, 11) is 0. The van der Waals surface area contributed by atoms with Crippen LogP contribution in [0.4, 0.5) is 10.2 Å². The van der Waals surface area contributed by atoms with E-state index in [1.165, 1.54) is 34.8 Å². The van der Waals surface area contributed by atoms with E-state index in [0.717, 1.165) is 16.7 Å². The quantitative estimate of drug-likeness (QED) is 0.181. The maximum atomic E-state index is 14.1. The SMILES string of the molecule is CCOc1cc(C=NNC(=O)c2nnn(-c3nonc3N)c2CSC2=NCCS2)ccc1OCc1c(F)cccc1Cl. The predicted octanol–water partition coefficient (Wildman–Crippen LogP) is 4.10. The van der Waals surface area contributed by atoms with E-state index in [0.29, 0.717) is 35.1 Å². The molecule has 0 saturated carbocycles. The summed E-state index contributed by atoms with van der Waals surface area (Å²) >= 11 is 9.18. The third kappa shape index (κ3) is 6.83. The first-order valence-corrected chi connectivity index (χ1v) is 14.8. The summed E-state index contributed by atoms with van der Waals surface area (Å²) in [5, 5.41) is 19.7. The van der Waals surface area contributed by atoms with E-state index in [-0.39, 0.29) is 34.5 Å². The topological polar surface area (TPSA) is 168 Å². The van der Waals surface area contributed by atoms with Crippen molar-refractivity contribution in [3.05, 3.63) is 69.8 Å². The average molecular weight is 632 g/mol. The van der Waals surface area contributed by atoms with Crippen LogP contribution in [0.15, 0.2) is 51.1 Å². The van der Waals surface area contributed by atoms with E-state index in [4.69, 9.17) is 26.8 Å². The van der Waals surface area contributed by atoms with Gasteiger partial charge in [-0.1, -0.05) is 46.4 Å². The first-order chi connectivity index (χ1) is 20.4. The molecule has 1 aliphatic rings. The summed E-state index contributed by atoms with van der Waals surface area (Å²) in [4.78, 5) is 17.5. The van der Waals surface area contributed by atoms with Crippen LogP contribution >= 0.6 is 35.1 Å². The highest BCUT2D eigenvalue weighted by molar-refractivity contribution is 8.38. The molecule has 3 heterocycles. The maximum absolute atomic E-state index is 14.1. The van der Waals surface area contributed by atoms with Crippen LogP contribution in [0.25, 0.3) is 5.82 Å². The third-order valence-electron chi connectivity index (χ3n) is 5.65. The number of amides is 1. The average Bonchev–Trinajstić information content (AvgIpc) is 3.74. The van der Waals surface area contributed by atoms with Gasteiger partial charge in [0.1, 0.15) is 16.8 Å². The van der Waals surface area contributed by atoms with Crippen molar-refractivity contribution < 1.29 is 23.3 Å². The number of aromatic nitrogens is 5. The number of carbonyl (C=O) groups is 1. The van der Waals surface area contributed by atoms with Crippen molar-refractivity contribution in [3.8, 4) is 17.3 Å². The number of nitrogens with one attached hydrogen (secondary N) is 1. The largest absolute Gasteiger partial charge is 0.490 e. The zero-order valence-electron chi connectivity index (χ0n) is 22.0. The van der Waals surface area contributed by atoms with Gasteiger partial charge in [-0.05, 0) is 53.1 Å². The van der Waals surface area contributed by atoms with Crippen LogP contribution < -0.4 is 20.6 Å². The standard InChI is InChI=1S/C25H23ClFN9O4S2/c1-2-38-20-10-14(6-7-19(20)39-12-15-16(26)4-3-5-17(15)27)11-30-32-24(37)21-18(13-42-25-29-8-9-41-25)36(35-31-21)23-22(28)33-40-34-23/h3-7,10-11H,2,8-9,12-13H2,1H3,(H2,28,33)(H,32,37). The molecule has 17 heteroatoms. The number of thioether (sulfide) groups is 2. The van der Waals surface area contributed by atoms with E-state index in [1.54, 1.807) is 36.0 Å². The van der Waals surface area contributed by atoms with Crippen LogP contribution in [0.2, 0.25) is 5.02 Å². The van der Waals surface area contributed by atoms with Gasteiger partial charge >= 0.3 is 0 Å². The summed E-state index contributed by atoms with van der Waals surface area (Å²) in [5.41, 5.74) is 9.59. The van der Waals surface area contributed by atoms with Crippen LogP contribution in [0.5, 0.6) is 11.5 Å². The molecule has 42 heavy (non-hydrogen) atoms. The van der Waals surface area contributed by atoms with Crippen molar-refractivity contribution in [2.45, 2.75) is 19.3 Å². The summed E-state index contributed by atoms with van der Waals surface area (Å²) in [6.45, 7) is 2.84. The number of hydrazone groups is 1. The predicted molar refractivity (Wildman–Crippen MR) is 158 cm³/mol. The Labute approximate surface area is 252 Å². The van der Waals surface area contributed by atoms with Gasteiger partial charge in [0.25, 0.3) is 5.91 Å². The first kappa shape index (κ1) is 29.3. The Balaban J connectivity index is 1.29. The lowest BCUT2D eigenvalue weighted by Crippen LogP contribution is -2.20. The van der Waals surface area contributed by atoms with Crippen molar-refractivity contribution in [1.82, 2.24) is 30.7 Å². The second-order valence-electron chi connectivity index (χ2n) is 8.38. The van der Waals surface area contributed by atoms with Gasteiger partial charge < -0.3 is 15.2 Å². The molecule has 1 aliphatic heterocycles. The number of benzene rings is 2. The van der Waals surface area contributed by atoms with E-state index >= 15 is 0 Å². The van der Waals surface area contributed by atoms with Crippen molar-refractivity contribution >= 4 is 57.4 Å². The fraction of sp³-hybridized carbons (Fsp3) is 0.240. The summed E-state index contributed by atoms with van der Waals surface area (Å²) in [5.74, 6) is 1.07. The van der Waals surface area contributed by atoms with Gasteiger partial charge in [-0.25, -0.2) is 14.4 Å². The number of hydrogen-bond donors (Lipinski definition) is 2. The van der Waals surface area contributed by atoms with Gasteiger partial charge in [-0.3, -0.25) is 9.79 Å². The second-order valence-corrected chi connectivity index (χ2v) is 11.1. The van der Waals surface area contributed by atoms with Crippen LogP contribution in [0.3, 0.4) is 0 Å². The molecule has 218 valence electrons. The molecule has 2 aromatic carbocycles. The second kappa shape index (κ2) is 13.7. The molecule has 1 amide bonds. The zero-order chi connectivity index (χ0) is 29.5. The highest BCUT2D eigenvalue weighted by Crippen LogP contribution is 2.31. The minimum atomic E-state index is -0.601. The van der Waals surface area contributed by atoms with E-state index in [1.807, 2.05) is 6.92 Å². The number of halogens is 2. The highest BCUT2D eigenvalue weighted by atomic mass is 35.5. The fourth-order valence-electron chi connectivity index (χ4n) is 3.68. The van der Waals surface area contributed by atoms with Gasteiger partial charge in [0.2, 0.25) is 11.6 Å². The van der Waals surface area contributed by atoms with Gasteiger partial charge in [0.05, 0.1) is 30.1 Å². The number of nitrogens with zero attached hydrogens (tertiary/aromatic N) is 7. The Morgan fingerprint density at radius 2 is 2.19 bits per heavy atom. The zero-order valence-corrected chi connectivity index (χ0v) is 24.4. The summed E-state index contributed by atoms with van der Waals surface area (Å²) in [6.07, 6.45) is 1.43. The Hall–Kier alpha value is -4.15. The van der Waals surface area contributed by atoms with Crippen molar-refractivity contribution in [1.29, 1.82) is 0 Å². The lowest BCUT2D eigenvalue weighted by molar-refractivity contribution is 0.0949. The Morgan fingerprint density at radius 1 is 1.31 bits per heavy atom. The van der Waals surface area contributed by atoms with Gasteiger partial charge in [-0.15, -0.1) is 5.10 Å². The number of carbonyl (C=O) groups excluding carboxylic acids is 1. The number of rotatable bonds is 11. The minimum absolute atomic E-state index is 0.00163. The lowest BCUT2D eigenvalue weighted by atomic mass is 10.2. The molecule has 13 nitrogen and oxygen atoms in total. The number of aliphatic imine (C=N–C) groups is 1. The molecule has 0 radical (unpaired) electrons. The van der Waals surface area contributed by atoms with Crippen molar-refractivity contribution in [2.24, 2.45) is 10.1 Å². The number of ether oxygens (including phenoxy) is 2. The molecule has 0 bridgehead atoms. The van der Waals surface area contributed by atoms with Gasteiger partial charge in [0, 0.05) is 17.1 Å². The monoisotopic (exact) mass is 631 g/mol. The molecular weight excluding hydrogens is 609 g/mol. The molecule has 5 rings (SSSR count). The van der Waals surface area contributed by atoms with Gasteiger partial charge in [-0.2, -0.15) is 9.78 Å². The molecule has 0 aliphatic carbocycles. The van der Waals surface area contributed by atoms with Crippen molar-refractivity contribution in [2.75, 3.05) is 24.6 Å². The molecule has 0 spiro atoms. The molecule has 0 fully saturated rings. The molecular formula is C25H23ClFN9O4S2. The van der Waals surface area contributed by atoms with Crippen LogP contribution in [0.1, 0.15) is 34.2 Å². The van der Waals surface area contributed by atoms with Crippen molar-refractivity contribution in [3.63, 3.8) is 0 Å². The Kier molecular flexibility index (Phi) is 9.55. The van der Waals surface area contributed by atoms with E-state index < -0.39 is 11.7 Å². The van der Waals surface area contributed by atoms with Crippen LogP contribution in [-0.2, 0) is 12.4 Å². The number of nitrogens with two attached hydrogens (primary N) is 1. The number of anilines is 1. The third-order valence-corrected chi connectivity index (χ3v) is 8.26. The van der Waals surface area contributed by atoms with E-state index in [2.05, 4.69) is 40.8 Å². The first-order valence-electron chi connectivity index (χ1n) is 12.4. The normalized spacial score (nSPS) is 13.0. The molecule has 4 aromatic rings. The Morgan fingerprint density at radius 3 is 2.93 bits per heavy atom. The highest BCUT2D eigenvalue weighted by Gasteiger charge is 2.25. The number of nitrogen functional groups attached to an aromatic ring is 1. The lowest BCUT2D eigenvalue weighted by Gasteiger charge is -2.13. The number of hydrogen-bond acceptors (Lipinski definition) is 13. The maximum Gasteiger partial charge on any atom is 0.293 e. The molecule has 2 aromatic heterocycles. The Bertz CT molecular complexity index is 1630. The molecule has 3 N–H and O–H groups in total. The molecule has 0 saturated heterocycles. The van der Waals surface area contributed by atoms with Crippen LogP contribution in [0, 0.1) is 5.82 Å². The van der Waals surface area contributed by atoms with Crippen LogP contribution in [-0.4, -0.2) is 60.7 Å². The molecule has 0 atom stereocenters. The fourth-order valence-corrected chi connectivity index (χ4v) is 5.90. The smallest absolute Gasteiger partial charge is 0.293 e. The minimum Gasteiger partial charge on any atom is -0.490 e. The van der Waals surface area contributed by atoms with Gasteiger partial charge in [0.15, 0.2) is 17.2 Å².